The molecule has 0 radical (unpaired) electrons. The summed E-state index contributed by atoms with van der Waals surface area (Å²) in [5.74, 6) is -0.0533. The molecule has 7 nitrogen and oxygen atoms in total. The van der Waals surface area contributed by atoms with Crippen molar-refractivity contribution < 1.29 is 14.3 Å². The number of carbonyl (C=O) groups excluding carboxylic acids is 2. The van der Waals surface area contributed by atoms with E-state index in [1.165, 1.54) is 0 Å². The molecule has 2 atom stereocenters. The Bertz CT molecular complexity index is 761. The number of hydrogen-bond donors (Lipinski definition) is 3. The van der Waals surface area contributed by atoms with Crippen LogP contribution in [0.2, 0.25) is 0 Å². The van der Waals surface area contributed by atoms with E-state index in [2.05, 4.69) is 15.6 Å². The second-order valence-corrected chi connectivity index (χ2v) is 5.80. The third kappa shape index (κ3) is 6.18. The number of aromatic nitrogens is 1. The molecular formula is C18H22Cl2N4O3. The van der Waals surface area contributed by atoms with E-state index in [0.717, 1.165) is 6.42 Å². The molecule has 1 aromatic heterocycles. The fourth-order valence-electron chi connectivity index (χ4n) is 2.66. The molecule has 0 saturated carbocycles. The van der Waals surface area contributed by atoms with Gasteiger partial charge in [-0.05, 0) is 43.2 Å². The lowest BCUT2D eigenvalue weighted by atomic mass is 10.1. The van der Waals surface area contributed by atoms with Gasteiger partial charge in [0.05, 0.1) is 6.10 Å². The Balaban J connectivity index is 0.00000182. The lowest BCUT2D eigenvalue weighted by Gasteiger charge is -2.13. The van der Waals surface area contributed by atoms with Gasteiger partial charge in [-0.3, -0.25) is 9.59 Å². The van der Waals surface area contributed by atoms with Crippen LogP contribution in [0.5, 0.6) is 0 Å². The SMILES string of the molecule is Cl.Cl.NC[C@H]1CC[C@@H](C(=O)Nc2cccc(C(=O)Nc3ccccn3)c2)O1. The number of amides is 2. The summed E-state index contributed by atoms with van der Waals surface area (Å²) in [5.41, 5.74) is 6.53. The molecule has 146 valence electrons. The molecule has 0 aliphatic carbocycles. The predicted molar refractivity (Wildman–Crippen MR) is 109 cm³/mol. The van der Waals surface area contributed by atoms with E-state index in [9.17, 15) is 9.59 Å². The van der Waals surface area contributed by atoms with Crippen LogP contribution < -0.4 is 16.4 Å². The second kappa shape index (κ2) is 10.8. The van der Waals surface area contributed by atoms with Crippen LogP contribution in [-0.4, -0.2) is 35.6 Å². The van der Waals surface area contributed by atoms with Crippen LogP contribution in [0, 0.1) is 0 Å². The fourth-order valence-corrected chi connectivity index (χ4v) is 2.66. The minimum atomic E-state index is -0.500. The maximum absolute atomic E-state index is 12.3. The molecule has 2 amide bonds. The first-order valence-corrected chi connectivity index (χ1v) is 8.14. The van der Waals surface area contributed by atoms with Crippen molar-refractivity contribution in [1.82, 2.24) is 4.98 Å². The van der Waals surface area contributed by atoms with Gasteiger partial charge in [0, 0.05) is 24.0 Å². The highest BCUT2D eigenvalue weighted by Crippen LogP contribution is 2.21. The molecule has 4 N–H and O–H groups in total. The van der Waals surface area contributed by atoms with Crippen LogP contribution in [0.25, 0.3) is 0 Å². The number of nitrogens with zero attached hydrogens (tertiary/aromatic N) is 1. The van der Waals surface area contributed by atoms with Crippen LogP contribution in [-0.2, 0) is 9.53 Å². The Labute approximate surface area is 169 Å². The van der Waals surface area contributed by atoms with Gasteiger partial charge in [0.25, 0.3) is 11.8 Å². The van der Waals surface area contributed by atoms with Gasteiger partial charge in [-0.15, -0.1) is 24.8 Å². The van der Waals surface area contributed by atoms with Crippen molar-refractivity contribution in [2.75, 3.05) is 17.2 Å². The second-order valence-electron chi connectivity index (χ2n) is 5.80. The van der Waals surface area contributed by atoms with Crippen molar-refractivity contribution >= 4 is 48.1 Å². The normalized spacial score (nSPS) is 18.0. The zero-order chi connectivity index (χ0) is 17.6. The van der Waals surface area contributed by atoms with Crippen LogP contribution in [0.15, 0.2) is 48.7 Å². The minimum absolute atomic E-state index is 0. The number of rotatable bonds is 5. The van der Waals surface area contributed by atoms with Gasteiger partial charge in [0.2, 0.25) is 0 Å². The number of pyridine rings is 1. The Morgan fingerprint density at radius 1 is 1.11 bits per heavy atom. The summed E-state index contributed by atoms with van der Waals surface area (Å²) in [6, 6.07) is 12.0. The molecule has 2 heterocycles. The van der Waals surface area contributed by atoms with E-state index >= 15 is 0 Å². The monoisotopic (exact) mass is 412 g/mol. The topological polar surface area (TPSA) is 106 Å². The van der Waals surface area contributed by atoms with Crippen molar-refractivity contribution in [3.8, 4) is 0 Å². The Morgan fingerprint density at radius 3 is 2.59 bits per heavy atom. The highest BCUT2D eigenvalue weighted by molar-refractivity contribution is 6.05. The van der Waals surface area contributed by atoms with Crippen LogP contribution in [0.3, 0.4) is 0 Å². The largest absolute Gasteiger partial charge is 0.364 e. The van der Waals surface area contributed by atoms with Gasteiger partial charge in [-0.2, -0.15) is 0 Å². The van der Waals surface area contributed by atoms with E-state index in [0.29, 0.717) is 30.0 Å². The smallest absolute Gasteiger partial charge is 0.256 e. The van der Waals surface area contributed by atoms with Crippen molar-refractivity contribution in [3.63, 3.8) is 0 Å². The number of carbonyl (C=O) groups is 2. The van der Waals surface area contributed by atoms with E-state index in [4.69, 9.17) is 10.5 Å². The summed E-state index contributed by atoms with van der Waals surface area (Å²) < 4.78 is 5.58. The zero-order valence-corrected chi connectivity index (χ0v) is 16.1. The summed E-state index contributed by atoms with van der Waals surface area (Å²) in [5, 5.41) is 5.49. The molecule has 1 aliphatic heterocycles. The summed E-state index contributed by atoms with van der Waals surface area (Å²) in [6.45, 7) is 0.410. The third-order valence-electron chi connectivity index (χ3n) is 3.96. The van der Waals surface area contributed by atoms with Gasteiger partial charge in [0.15, 0.2) is 0 Å². The van der Waals surface area contributed by atoms with E-state index in [1.54, 1.807) is 48.7 Å². The fraction of sp³-hybridized carbons (Fsp3) is 0.278. The first-order chi connectivity index (χ1) is 12.2. The summed E-state index contributed by atoms with van der Waals surface area (Å²) >= 11 is 0. The summed E-state index contributed by atoms with van der Waals surface area (Å²) in [7, 11) is 0. The maximum atomic E-state index is 12.3. The van der Waals surface area contributed by atoms with Gasteiger partial charge in [-0.1, -0.05) is 12.1 Å². The molecule has 0 bridgehead atoms. The van der Waals surface area contributed by atoms with Crippen LogP contribution in [0.4, 0.5) is 11.5 Å². The number of hydrogen-bond acceptors (Lipinski definition) is 5. The maximum Gasteiger partial charge on any atom is 0.256 e. The number of ether oxygens (including phenoxy) is 1. The van der Waals surface area contributed by atoms with Gasteiger partial charge >= 0.3 is 0 Å². The summed E-state index contributed by atoms with van der Waals surface area (Å²) in [6.07, 6.45) is 2.46. The predicted octanol–water partition coefficient (Wildman–Crippen LogP) is 2.62. The lowest BCUT2D eigenvalue weighted by molar-refractivity contribution is -0.126. The first kappa shape index (κ1) is 22.9. The van der Waals surface area contributed by atoms with Crippen LogP contribution >= 0.6 is 24.8 Å². The Morgan fingerprint density at radius 2 is 1.93 bits per heavy atom. The van der Waals surface area contributed by atoms with Crippen molar-refractivity contribution in [2.24, 2.45) is 5.73 Å². The molecule has 9 heteroatoms. The Hall–Kier alpha value is -2.19. The standard InChI is InChI=1S/C18H20N4O3.2ClH/c19-11-14-7-8-15(25-14)18(24)21-13-5-3-4-12(10-13)17(23)22-16-6-1-2-9-20-16;;/h1-6,9-10,14-15H,7-8,11,19H2,(H,21,24)(H,20,22,23);2*1H/t14-,15+;;/m1../s1. The molecule has 2 aromatic rings. The zero-order valence-electron chi connectivity index (χ0n) is 14.5. The van der Waals surface area contributed by atoms with E-state index in [-0.39, 0.29) is 42.7 Å². The Kier molecular flexibility index (Phi) is 9.17. The highest BCUT2D eigenvalue weighted by atomic mass is 35.5. The molecule has 3 rings (SSSR count). The van der Waals surface area contributed by atoms with E-state index < -0.39 is 6.10 Å². The van der Waals surface area contributed by atoms with Gasteiger partial charge < -0.3 is 21.1 Å². The molecule has 1 aliphatic rings. The summed E-state index contributed by atoms with van der Waals surface area (Å²) in [4.78, 5) is 28.6. The average molecular weight is 413 g/mol. The minimum Gasteiger partial charge on any atom is -0.364 e. The first-order valence-electron chi connectivity index (χ1n) is 8.14. The third-order valence-corrected chi connectivity index (χ3v) is 3.96. The quantitative estimate of drug-likeness (QED) is 0.699. The van der Waals surface area contributed by atoms with Crippen molar-refractivity contribution in [2.45, 2.75) is 25.0 Å². The number of nitrogens with one attached hydrogen (secondary N) is 2. The molecule has 1 saturated heterocycles. The molecule has 1 aromatic carbocycles. The van der Waals surface area contributed by atoms with E-state index in [1.807, 2.05) is 0 Å². The lowest BCUT2D eigenvalue weighted by Crippen LogP contribution is -2.29. The number of halogens is 2. The molecular weight excluding hydrogens is 391 g/mol. The van der Waals surface area contributed by atoms with Gasteiger partial charge in [0.1, 0.15) is 11.9 Å². The van der Waals surface area contributed by atoms with Gasteiger partial charge in [-0.25, -0.2) is 4.98 Å². The number of anilines is 2. The highest BCUT2D eigenvalue weighted by Gasteiger charge is 2.29. The van der Waals surface area contributed by atoms with Crippen molar-refractivity contribution in [3.05, 3.63) is 54.2 Å². The molecule has 0 spiro atoms. The average Bonchev–Trinajstić information content (AvgIpc) is 3.12. The van der Waals surface area contributed by atoms with Crippen molar-refractivity contribution in [1.29, 1.82) is 0 Å². The number of nitrogens with two attached hydrogens (primary N) is 1. The van der Waals surface area contributed by atoms with Crippen LogP contribution in [0.1, 0.15) is 23.2 Å². The number of benzene rings is 1. The molecule has 27 heavy (non-hydrogen) atoms. The molecule has 0 unspecified atom stereocenters. The molecule has 1 fully saturated rings.